The molecule has 0 aromatic heterocycles. The Kier molecular flexibility index (Phi) is 4.90. The maximum atomic E-state index is 12.0. The highest BCUT2D eigenvalue weighted by Gasteiger charge is 2.33. The van der Waals surface area contributed by atoms with Crippen molar-refractivity contribution < 1.29 is 18.0 Å². The number of nitrogens with two attached hydrogens (primary N) is 1. The third-order valence-electron chi connectivity index (χ3n) is 1.57. The summed E-state index contributed by atoms with van der Waals surface area (Å²) in [5, 5.41) is 0. The molecule has 14 heavy (non-hydrogen) atoms. The topological polar surface area (TPSA) is 46.3 Å². The van der Waals surface area contributed by atoms with Crippen molar-refractivity contribution in [3.63, 3.8) is 0 Å². The number of alkyl halides is 3. The summed E-state index contributed by atoms with van der Waals surface area (Å²) in [7, 11) is 0. The second kappa shape index (κ2) is 5.19. The Morgan fingerprint density at radius 2 is 1.93 bits per heavy atom. The van der Waals surface area contributed by atoms with E-state index in [4.69, 9.17) is 5.73 Å². The molecule has 0 rings (SSSR count). The van der Waals surface area contributed by atoms with E-state index in [-0.39, 0.29) is 13.1 Å². The first-order valence-corrected chi connectivity index (χ1v) is 4.33. The smallest absolute Gasteiger partial charge is 0.332 e. The van der Waals surface area contributed by atoms with Crippen LogP contribution in [0.15, 0.2) is 0 Å². The molecule has 3 nitrogen and oxygen atoms in total. The van der Waals surface area contributed by atoms with Crippen LogP contribution in [0.4, 0.5) is 13.2 Å². The SMILES string of the molecule is CC(C)C(=O)N(CCN)CC(F)(F)F. The predicted octanol–water partition coefficient (Wildman–Crippen LogP) is 0.992. The van der Waals surface area contributed by atoms with Crippen LogP contribution < -0.4 is 5.73 Å². The highest BCUT2D eigenvalue weighted by atomic mass is 19.4. The molecular formula is C8H15F3N2O. The molecule has 6 heteroatoms. The molecular weight excluding hydrogens is 197 g/mol. The van der Waals surface area contributed by atoms with Crippen LogP contribution in [0.1, 0.15) is 13.8 Å². The van der Waals surface area contributed by atoms with Crippen LogP contribution in [-0.4, -0.2) is 36.6 Å². The Morgan fingerprint density at radius 3 is 2.21 bits per heavy atom. The van der Waals surface area contributed by atoms with Gasteiger partial charge in [0.15, 0.2) is 0 Å². The number of nitrogens with zero attached hydrogens (tertiary/aromatic N) is 1. The number of carbonyl (C=O) groups is 1. The van der Waals surface area contributed by atoms with Crippen molar-refractivity contribution in [2.75, 3.05) is 19.6 Å². The van der Waals surface area contributed by atoms with Gasteiger partial charge in [-0.15, -0.1) is 0 Å². The lowest BCUT2D eigenvalue weighted by molar-refractivity contribution is -0.162. The average Bonchev–Trinajstić information content (AvgIpc) is 1.99. The fourth-order valence-corrected chi connectivity index (χ4v) is 1.00. The fraction of sp³-hybridized carbons (Fsp3) is 0.875. The molecule has 1 amide bonds. The van der Waals surface area contributed by atoms with E-state index in [1.807, 2.05) is 0 Å². The molecule has 0 aliphatic carbocycles. The van der Waals surface area contributed by atoms with Gasteiger partial charge in [-0.3, -0.25) is 4.79 Å². The zero-order valence-corrected chi connectivity index (χ0v) is 8.27. The number of hydrogen-bond donors (Lipinski definition) is 1. The second-order valence-electron chi connectivity index (χ2n) is 3.32. The van der Waals surface area contributed by atoms with Gasteiger partial charge in [-0.25, -0.2) is 0 Å². The van der Waals surface area contributed by atoms with Gasteiger partial charge in [0.1, 0.15) is 6.54 Å². The molecule has 0 aliphatic heterocycles. The molecule has 0 bridgehead atoms. The van der Waals surface area contributed by atoms with Gasteiger partial charge in [-0.1, -0.05) is 13.8 Å². The molecule has 0 aliphatic rings. The Bertz CT molecular complexity index is 192. The van der Waals surface area contributed by atoms with Crippen LogP contribution in [-0.2, 0) is 4.79 Å². The molecule has 0 unspecified atom stereocenters. The molecule has 2 N–H and O–H groups in total. The highest BCUT2D eigenvalue weighted by Crippen LogP contribution is 2.17. The van der Waals surface area contributed by atoms with Crippen molar-refractivity contribution in [2.45, 2.75) is 20.0 Å². The van der Waals surface area contributed by atoms with Crippen molar-refractivity contribution in [1.82, 2.24) is 4.90 Å². The first-order chi connectivity index (χ1) is 6.28. The van der Waals surface area contributed by atoms with Crippen LogP contribution in [0.25, 0.3) is 0 Å². The van der Waals surface area contributed by atoms with Crippen LogP contribution in [0.2, 0.25) is 0 Å². The molecule has 0 heterocycles. The van der Waals surface area contributed by atoms with E-state index in [1.54, 1.807) is 13.8 Å². The van der Waals surface area contributed by atoms with E-state index in [0.29, 0.717) is 0 Å². The standard InChI is InChI=1S/C8H15F3N2O/c1-6(2)7(14)13(4-3-12)5-8(9,10)11/h6H,3-5,12H2,1-2H3. The van der Waals surface area contributed by atoms with Gasteiger partial charge in [-0.2, -0.15) is 13.2 Å². The third-order valence-corrected chi connectivity index (χ3v) is 1.57. The average molecular weight is 212 g/mol. The summed E-state index contributed by atoms with van der Waals surface area (Å²) in [6.07, 6.45) is -4.36. The summed E-state index contributed by atoms with van der Waals surface area (Å²) in [4.78, 5) is 12.0. The first-order valence-electron chi connectivity index (χ1n) is 4.33. The maximum Gasteiger partial charge on any atom is 0.406 e. The molecule has 0 fully saturated rings. The Hall–Kier alpha value is -0.780. The first kappa shape index (κ1) is 13.2. The predicted molar refractivity (Wildman–Crippen MR) is 46.5 cm³/mol. The Morgan fingerprint density at radius 1 is 1.43 bits per heavy atom. The maximum absolute atomic E-state index is 12.0. The lowest BCUT2D eigenvalue weighted by Crippen LogP contribution is -2.43. The number of carbonyl (C=O) groups excluding carboxylic acids is 1. The summed E-state index contributed by atoms with van der Waals surface area (Å²) >= 11 is 0. The zero-order valence-electron chi connectivity index (χ0n) is 8.27. The normalized spacial score (nSPS) is 11.9. The molecule has 0 saturated carbocycles. The molecule has 0 spiro atoms. The van der Waals surface area contributed by atoms with Gasteiger partial charge >= 0.3 is 6.18 Å². The van der Waals surface area contributed by atoms with E-state index in [1.165, 1.54) is 0 Å². The van der Waals surface area contributed by atoms with Gasteiger partial charge in [-0.05, 0) is 0 Å². The summed E-state index contributed by atoms with van der Waals surface area (Å²) in [6.45, 7) is 1.87. The molecule has 84 valence electrons. The van der Waals surface area contributed by atoms with Gasteiger partial charge in [0.05, 0.1) is 0 Å². The van der Waals surface area contributed by atoms with Gasteiger partial charge in [0.25, 0.3) is 0 Å². The lowest BCUT2D eigenvalue weighted by atomic mass is 10.2. The minimum absolute atomic E-state index is 0.0362. The van der Waals surface area contributed by atoms with E-state index < -0.39 is 24.5 Å². The monoisotopic (exact) mass is 212 g/mol. The van der Waals surface area contributed by atoms with Crippen molar-refractivity contribution in [1.29, 1.82) is 0 Å². The van der Waals surface area contributed by atoms with Crippen LogP contribution in [0.3, 0.4) is 0 Å². The lowest BCUT2D eigenvalue weighted by Gasteiger charge is -2.24. The van der Waals surface area contributed by atoms with Crippen molar-refractivity contribution >= 4 is 5.91 Å². The fourth-order valence-electron chi connectivity index (χ4n) is 1.00. The van der Waals surface area contributed by atoms with Crippen LogP contribution >= 0.6 is 0 Å². The summed E-state index contributed by atoms with van der Waals surface area (Å²) < 4.78 is 36.1. The molecule has 0 aromatic rings. The molecule has 0 aromatic carbocycles. The Balaban J connectivity index is 4.36. The van der Waals surface area contributed by atoms with Crippen LogP contribution in [0, 0.1) is 5.92 Å². The third kappa shape index (κ3) is 5.06. The van der Waals surface area contributed by atoms with E-state index in [2.05, 4.69) is 0 Å². The van der Waals surface area contributed by atoms with Crippen molar-refractivity contribution in [3.05, 3.63) is 0 Å². The van der Waals surface area contributed by atoms with Crippen LogP contribution in [0.5, 0.6) is 0 Å². The van der Waals surface area contributed by atoms with Crippen molar-refractivity contribution in [3.8, 4) is 0 Å². The quantitative estimate of drug-likeness (QED) is 0.755. The van der Waals surface area contributed by atoms with Gasteiger partial charge < -0.3 is 10.6 Å². The molecule has 0 saturated heterocycles. The summed E-state index contributed by atoms with van der Waals surface area (Å²) in [5.74, 6) is -0.961. The largest absolute Gasteiger partial charge is 0.406 e. The highest BCUT2D eigenvalue weighted by molar-refractivity contribution is 5.78. The van der Waals surface area contributed by atoms with Crippen molar-refractivity contribution in [2.24, 2.45) is 11.7 Å². The number of hydrogen-bond acceptors (Lipinski definition) is 2. The Labute approximate surface area is 81.1 Å². The number of halogens is 3. The summed E-state index contributed by atoms with van der Waals surface area (Å²) in [6, 6.07) is 0. The summed E-state index contributed by atoms with van der Waals surface area (Å²) in [5.41, 5.74) is 5.12. The van der Waals surface area contributed by atoms with Gasteiger partial charge in [0.2, 0.25) is 5.91 Å². The van der Waals surface area contributed by atoms with Gasteiger partial charge in [0, 0.05) is 19.0 Å². The molecule has 0 radical (unpaired) electrons. The molecule has 0 atom stereocenters. The zero-order chi connectivity index (χ0) is 11.4. The minimum atomic E-state index is -4.36. The number of amides is 1. The van der Waals surface area contributed by atoms with E-state index >= 15 is 0 Å². The number of rotatable bonds is 4. The van der Waals surface area contributed by atoms with E-state index in [0.717, 1.165) is 4.90 Å². The second-order valence-corrected chi connectivity index (χ2v) is 3.32. The van der Waals surface area contributed by atoms with E-state index in [9.17, 15) is 18.0 Å². The minimum Gasteiger partial charge on any atom is -0.332 e.